The maximum atomic E-state index is 11.3. The molecule has 0 bridgehead atoms. The number of carbonyl (C=O) groups excluding carboxylic acids is 1. The third-order valence-corrected chi connectivity index (χ3v) is 3.66. The lowest BCUT2D eigenvalue weighted by molar-refractivity contribution is -0.145. The van der Waals surface area contributed by atoms with Crippen molar-refractivity contribution in [2.75, 3.05) is 12.4 Å². The molecule has 2 nitrogen and oxygen atoms in total. The standard InChI is InChI=1S/C10H16O2S/c11-9(12-6-8-1-2-8)5-10(7-13)3-4-10/h8,13H,1-7H2. The van der Waals surface area contributed by atoms with Crippen molar-refractivity contribution in [3.8, 4) is 0 Å². The Morgan fingerprint density at radius 2 is 2.15 bits per heavy atom. The van der Waals surface area contributed by atoms with Crippen LogP contribution in [0, 0.1) is 11.3 Å². The molecule has 74 valence electrons. The Kier molecular flexibility index (Phi) is 2.54. The lowest BCUT2D eigenvalue weighted by Crippen LogP contribution is -2.14. The first-order valence-corrected chi connectivity index (χ1v) is 5.64. The molecule has 2 aliphatic carbocycles. The van der Waals surface area contributed by atoms with Crippen LogP contribution in [-0.4, -0.2) is 18.3 Å². The Hall–Kier alpha value is -0.180. The molecule has 0 unspecified atom stereocenters. The van der Waals surface area contributed by atoms with E-state index in [1.165, 1.54) is 12.8 Å². The minimum absolute atomic E-state index is 0.0153. The molecule has 2 rings (SSSR count). The second kappa shape index (κ2) is 3.52. The maximum Gasteiger partial charge on any atom is 0.306 e. The molecule has 0 amide bonds. The molecule has 0 spiro atoms. The number of hydrogen-bond donors (Lipinski definition) is 1. The molecule has 0 aromatic rings. The molecular weight excluding hydrogens is 184 g/mol. The van der Waals surface area contributed by atoms with Gasteiger partial charge in [-0.15, -0.1) is 0 Å². The lowest BCUT2D eigenvalue weighted by atomic mass is 10.1. The number of esters is 1. The van der Waals surface area contributed by atoms with Gasteiger partial charge in [0.1, 0.15) is 0 Å². The van der Waals surface area contributed by atoms with E-state index < -0.39 is 0 Å². The lowest BCUT2D eigenvalue weighted by Gasteiger charge is -2.10. The molecule has 0 aliphatic heterocycles. The van der Waals surface area contributed by atoms with Gasteiger partial charge in [-0.05, 0) is 42.8 Å². The first-order chi connectivity index (χ1) is 6.24. The Morgan fingerprint density at radius 3 is 2.62 bits per heavy atom. The summed E-state index contributed by atoms with van der Waals surface area (Å²) < 4.78 is 5.17. The molecule has 13 heavy (non-hydrogen) atoms. The molecule has 0 aromatic carbocycles. The molecule has 2 aliphatic rings. The normalized spacial score (nSPS) is 24.1. The van der Waals surface area contributed by atoms with E-state index in [1.54, 1.807) is 0 Å². The van der Waals surface area contributed by atoms with Gasteiger partial charge in [0.15, 0.2) is 0 Å². The van der Waals surface area contributed by atoms with E-state index in [0.717, 1.165) is 18.6 Å². The van der Waals surface area contributed by atoms with Gasteiger partial charge in [0.05, 0.1) is 13.0 Å². The Labute approximate surface area is 84.4 Å². The first-order valence-electron chi connectivity index (χ1n) is 5.01. The second-order valence-electron chi connectivity index (χ2n) is 4.46. The molecule has 0 N–H and O–H groups in total. The number of ether oxygens (including phenoxy) is 1. The average molecular weight is 200 g/mol. The van der Waals surface area contributed by atoms with E-state index in [-0.39, 0.29) is 11.4 Å². The van der Waals surface area contributed by atoms with Gasteiger partial charge >= 0.3 is 5.97 Å². The van der Waals surface area contributed by atoms with E-state index >= 15 is 0 Å². The highest BCUT2D eigenvalue weighted by Gasteiger charge is 2.43. The molecule has 0 heterocycles. The van der Waals surface area contributed by atoms with Gasteiger partial charge in [-0.3, -0.25) is 4.79 Å². The predicted octanol–water partition coefficient (Wildman–Crippen LogP) is 2.04. The number of rotatable bonds is 5. The molecule has 2 saturated carbocycles. The summed E-state index contributed by atoms with van der Waals surface area (Å²) in [6.07, 6.45) is 5.36. The molecule has 0 saturated heterocycles. The highest BCUT2D eigenvalue weighted by molar-refractivity contribution is 7.80. The zero-order valence-corrected chi connectivity index (χ0v) is 8.69. The quantitative estimate of drug-likeness (QED) is 0.543. The number of thiol groups is 1. The van der Waals surface area contributed by atoms with Crippen LogP contribution in [0.1, 0.15) is 32.1 Å². The van der Waals surface area contributed by atoms with E-state index in [0.29, 0.717) is 18.9 Å². The highest BCUT2D eigenvalue weighted by Crippen LogP contribution is 2.49. The molecule has 0 radical (unpaired) electrons. The summed E-state index contributed by atoms with van der Waals surface area (Å²) in [5.41, 5.74) is 0.212. The molecule has 3 heteroatoms. The van der Waals surface area contributed by atoms with Crippen molar-refractivity contribution in [2.45, 2.75) is 32.1 Å². The van der Waals surface area contributed by atoms with Crippen LogP contribution in [0.2, 0.25) is 0 Å². The third kappa shape index (κ3) is 2.63. The van der Waals surface area contributed by atoms with Gasteiger partial charge in [0.25, 0.3) is 0 Å². The highest BCUT2D eigenvalue weighted by atomic mass is 32.1. The summed E-state index contributed by atoms with van der Waals surface area (Å²) in [5.74, 6) is 1.49. The summed E-state index contributed by atoms with van der Waals surface area (Å²) in [5, 5.41) is 0. The Morgan fingerprint density at radius 1 is 1.46 bits per heavy atom. The number of hydrogen-bond acceptors (Lipinski definition) is 3. The second-order valence-corrected chi connectivity index (χ2v) is 4.78. The van der Waals surface area contributed by atoms with E-state index in [2.05, 4.69) is 12.6 Å². The van der Waals surface area contributed by atoms with Crippen molar-refractivity contribution in [1.29, 1.82) is 0 Å². The summed E-state index contributed by atoms with van der Waals surface area (Å²) in [6.45, 7) is 0.654. The fourth-order valence-corrected chi connectivity index (χ4v) is 1.85. The molecule has 0 aromatic heterocycles. The van der Waals surface area contributed by atoms with Crippen molar-refractivity contribution in [2.24, 2.45) is 11.3 Å². The Bertz CT molecular complexity index is 207. The summed E-state index contributed by atoms with van der Waals surface area (Å²) in [6, 6.07) is 0. The topological polar surface area (TPSA) is 26.3 Å². The molecule has 0 atom stereocenters. The van der Waals surface area contributed by atoms with Crippen molar-refractivity contribution in [3.05, 3.63) is 0 Å². The smallest absolute Gasteiger partial charge is 0.306 e. The van der Waals surface area contributed by atoms with Gasteiger partial charge < -0.3 is 4.74 Å². The fraction of sp³-hybridized carbons (Fsp3) is 0.900. The van der Waals surface area contributed by atoms with Gasteiger partial charge in [-0.2, -0.15) is 12.6 Å². The zero-order valence-electron chi connectivity index (χ0n) is 7.79. The van der Waals surface area contributed by atoms with Crippen LogP contribution in [0.25, 0.3) is 0 Å². The van der Waals surface area contributed by atoms with Gasteiger partial charge in [0.2, 0.25) is 0 Å². The predicted molar refractivity (Wildman–Crippen MR) is 53.8 cm³/mol. The SMILES string of the molecule is O=C(CC1(CS)CC1)OCC1CC1. The summed E-state index contributed by atoms with van der Waals surface area (Å²) >= 11 is 4.25. The van der Waals surface area contributed by atoms with Gasteiger partial charge in [-0.25, -0.2) is 0 Å². The zero-order chi connectivity index (χ0) is 9.31. The summed E-state index contributed by atoms with van der Waals surface area (Å²) in [7, 11) is 0. The third-order valence-electron chi connectivity index (χ3n) is 2.99. The van der Waals surface area contributed by atoms with Crippen molar-refractivity contribution >= 4 is 18.6 Å². The molecular formula is C10H16O2S. The van der Waals surface area contributed by atoms with E-state index in [1.807, 2.05) is 0 Å². The average Bonchev–Trinajstić information content (AvgIpc) is 2.98. The van der Waals surface area contributed by atoms with Crippen LogP contribution in [-0.2, 0) is 9.53 Å². The van der Waals surface area contributed by atoms with Crippen molar-refractivity contribution in [3.63, 3.8) is 0 Å². The van der Waals surface area contributed by atoms with Crippen molar-refractivity contribution < 1.29 is 9.53 Å². The van der Waals surface area contributed by atoms with Gasteiger partial charge in [-0.1, -0.05) is 0 Å². The van der Waals surface area contributed by atoms with Crippen LogP contribution >= 0.6 is 12.6 Å². The van der Waals surface area contributed by atoms with Crippen LogP contribution in [0.3, 0.4) is 0 Å². The van der Waals surface area contributed by atoms with Crippen LogP contribution in [0.5, 0.6) is 0 Å². The van der Waals surface area contributed by atoms with Crippen LogP contribution in [0.4, 0.5) is 0 Å². The van der Waals surface area contributed by atoms with Gasteiger partial charge in [0, 0.05) is 0 Å². The van der Waals surface area contributed by atoms with E-state index in [4.69, 9.17) is 4.74 Å². The number of carbonyl (C=O) groups is 1. The minimum atomic E-state index is -0.0153. The van der Waals surface area contributed by atoms with Crippen LogP contribution < -0.4 is 0 Å². The molecule has 2 fully saturated rings. The van der Waals surface area contributed by atoms with E-state index in [9.17, 15) is 4.79 Å². The Balaban J connectivity index is 1.65. The summed E-state index contributed by atoms with van der Waals surface area (Å²) in [4.78, 5) is 11.3. The minimum Gasteiger partial charge on any atom is -0.465 e. The van der Waals surface area contributed by atoms with Crippen molar-refractivity contribution in [1.82, 2.24) is 0 Å². The maximum absolute atomic E-state index is 11.3. The van der Waals surface area contributed by atoms with Crippen LogP contribution in [0.15, 0.2) is 0 Å². The first kappa shape index (κ1) is 9.38. The monoisotopic (exact) mass is 200 g/mol. The fourth-order valence-electron chi connectivity index (χ4n) is 1.42. The largest absolute Gasteiger partial charge is 0.465 e.